The van der Waals surface area contributed by atoms with Gasteiger partial charge in [0, 0.05) is 16.8 Å². The van der Waals surface area contributed by atoms with E-state index in [9.17, 15) is 4.79 Å². The topological polar surface area (TPSA) is 110 Å². The smallest absolute Gasteiger partial charge is 0.228 e. The van der Waals surface area contributed by atoms with Gasteiger partial charge in [-0.15, -0.1) is 0 Å². The Hall–Kier alpha value is -3.40. The van der Waals surface area contributed by atoms with Crippen LogP contribution < -0.4 is 5.32 Å². The van der Waals surface area contributed by atoms with Gasteiger partial charge in [0.25, 0.3) is 0 Å². The van der Waals surface area contributed by atoms with Gasteiger partial charge in [0.1, 0.15) is 5.82 Å². The predicted octanol–water partition coefficient (Wildman–Crippen LogP) is 2.41. The van der Waals surface area contributed by atoms with E-state index >= 15 is 0 Å². The number of aromatic nitrogens is 4. The number of carbonyl (C=O) groups is 1. The highest BCUT2D eigenvalue weighted by Crippen LogP contribution is 2.30. The van der Waals surface area contributed by atoms with E-state index in [2.05, 4.69) is 31.6 Å². The summed E-state index contributed by atoms with van der Waals surface area (Å²) in [7, 11) is 0. The van der Waals surface area contributed by atoms with Crippen molar-refractivity contribution in [3.63, 3.8) is 0 Å². The molecule has 0 saturated heterocycles. The molecule has 4 rings (SSSR count). The van der Waals surface area contributed by atoms with E-state index in [1.165, 1.54) is 0 Å². The lowest BCUT2D eigenvalue weighted by Gasteiger charge is -2.20. The minimum atomic E-state index is -0.153. The highest BCUT2D eigenvalue weighted by Gasteiger charge is 2.27. The Morgan fingerprint density at radius 1 is 1.38 bits per heavy atom. The number of hydrogen-bond donors (Lipinski definition) is 3. The number of rotatable bonds is 4. The molecule has 0 spiro atoms. The van der Waals surface area contributed by atoms with Crippen LogP contribution in [0.2, 0.25) is 0 Å². The van der Waals surface area contributed by atoms with Crippen LogP contribution in [-0.2, 0) is 17.8 Å². The summed E-state index contributed by atoms with van der Waals surface area (Å²) in [6.07, 6.45) is 6.23. The van der Waals surface area contributed by atoms with Crippen LogP contribution in [0.15, 0.2) is 36.7 Å². The van der Waals surface area contributed by atoms with Crippen LogP contribution >= 0.6 is 0 Å². The monoisotopic (exact) mass is 346 g/mol. The number of aromatic amines is 2. The molecule has 2 aromatic heterocycles. The van der Waals surface area contributed by atoms with Crippen LogP contribution in [0.1, 0.15) is 41.4 Å². The van der Waals surface area contributed by atoms with E-state index in [1.807, 2.05) is 12.1 Å². The van der Waals surface area contributed by atoms with E-state index < -0.39 is 0 Å². The number of imidazole rings is 1. The average molecular weight is 346 g/mol. The van der Waals surface area contributed by atoms with Gasteiger partial charge < -0.3 is 10.3 Å². The van der Waals surface area contributed by atoms with E-state index in [4.69, 9.17) is 5.26 Å². The minimum Gasteiger partial charge on any atom is -0.348 e. The summed E-state index contributed by atoms with van der Waals surface area (Å²) in [5.41, 5.74) is 4.38. The van der Waals surface area contributed by atoms with Crippen LogP contribution in [0.5, 0.6) is 0 Å². The molecule has 0 aliphatic heterocycles. The summed E-state index contributed by atoms with van der Waals surface area (Å²) in [6, 6.07) is 9.44. The van der Waals surface area contributed by atoms with Gasteiger partial charge in [0.05, 0.1) is 42.2 Å². The van der Waals surface area contributed by atoms with E-state index in [0.717, 1.165) is 41.8 Å². The third kappa shape index (κ3) is 3.09. The first-order chi connectivity index (χ1) is 12.7. The van der Waals surface area contributed by atoms with E-state index in [0.29, 0.717) is 17.9 Å². The Morgan fingerprint density at radius 2 is 2.31 bits per heavy atom. The second-order valence-corrected chi connectivity index (χ2v) is 6.40. The van der Waals surface area contributed by atoms with Gasteiger partial charge in [-0.25, -0.2) is 4.98 Å². The molecule has 1 aliphatic carbocycles. The number of nitrogens with zero attached hydrogens (tertiary/aromatic N) is 3. The summed E-state index contributed by atoms with van der Waals surface area (Å²) in [5, 5.41) is 19.0. The third-order valence-electron chi connectivity index (χ3n) is 4.72. The summed E-state index contributed by atoms with van der Waals surface area (Å²) in [6.45, 7) is 0.334. The van der Waals surface area contributed by atoms with Crippen molar-refractivity contribution in [1.82, 2.24) is 25.5 Å². The SMILES string of the molecule is N#Cc1cccc(-c2cnc(CNC(=O)C3CCCc4[nH]ncc43)[nH]2)c1. The molecule has 7 heteroatoms. The molecule has 3 N–H and O–H groups in total. The van der Waals surface area contributed by atoms with Gasteiger partial charge in [0.15, 0.2) is 0 Å². The summed E-state index contributed by atoms with van der Waals surface area (Å²) < 4.78 is 0. The first kappa shape index (κ1) is 16.1. The molecule has 1 unspecified atom stereocenters. The first-order valence-electron chi connectivity index (χ1n) is 8.59. The maximum Gasteiger partial charge on any atom is 0.228 e. The van der Waals surface area contributed by atoms with Crippen molar-refractivity contribution in [3.05, 3.63) is 59.3 Å². The molecule has 0 radical (unpaired) electrons. The van der Waals surface area contributed by atoms with Crippen molar-refractivity contribution in [1.29, 1.82) is 5.26 Å². The van der Waals surface area contributed by atoms with Gasteiger partial charge in [-0.1, -0.05) is 12.1 Å². The zero-order chi connectivity index (χ0) is 17.9. The summed E-state index contributed by atoms with van der Waals surface area (Å²) in [4.78, 5) is 20.1. The number of aryl methyl sites for hydroxylation is 1. The molecule has 130 valence electrons. The van der Waals surface area contributed by atoms with Gasteiger partial charge in [-0.3, -0.25) is 9.89 Å². The Labute approximate surface area is 150 Å². The molecule has 1 amide bonds. The Balaban J connectivity index is 1.42. The lowest BCUT2D eigenvalue weighted by molar-refractivity contribution is -0.123. The fourth-order valence-electron chi connectivity index (χ4n) is 3.38. The maximum absolute atomic E-state index is 12.6. The van der Waals surface area contributed by atoms with E-state index in [-0.39, 0.29) is 11.8 Å². The third-order valence-corrected chi connectivity index (χ3v) is 4.72. The van der Waals surface area contributed by atoms with Crippen LogP contribution in [0.4, 0.5) is 0 Å². The molecule has 1 aliphatic rings. The Morgan fingerprint density at radius 3 is 3.19 bits per heavy atom. The summed E-state index contributed by atoms with van der Waals surface area (Å²) >= 11 is 0. The quantitative estimate of drug-likeness (QED) is 0.673. The van der Waals surface area contributed by atoms with Crippen molar-refractivity contribution in [2.75, 3.05) is 0 Å². The average Bonchev–Trinajstić information content (AvgIpc) is 3.35. The molecule has 0 bridgehead atoms. The second-order valence-electron chi connectivity index (χ2n) is 6.40. The second kappa shape index (κ2) is 6.84. The highest BCUT2D eigenvalue weighted by atomic mass is 16.1. The fraction of sp³-hybridized carbons (Fsp3) is 0.263. The molecule has 3 aromatic rings. The molecule has 1 atom stereocenters. The van der Waals surface area contributed by atoms with Crippen LogP contribution in [0.3, 0.4) is 0 Å². The standard InChI is InChI=1S/C19H18N6O/c20-8-12-3-1-4-13(7-12)17-10-21-18(24-17)11-22-19(26)14-5-2-6-16-15(14)9-23-25-16/h1,3-4,7,9-10,14H,2,5-6,11H2,(H,21,24)(H,22,26)(H,23,25). The Kier molecular flexibility index (Phi) is 4.23. The maximum atomic E-state index is 12.6. The molecule has 0 fully saturated rings. The van der Waals surface area contributed by atoms with Crippen LogP contribution in [0.25, 0.3) is 11.3 Å². The van der Waals surface area contributed by atoms with Gasteiger partial charge in [-0.05, 0) is 31.4 Å². The number of fused-ring (bicyclic) bond motifs is 1. The number of carbonyl (C=O) groups excluding carboxylic acids is 1. The Bertz CT molecular complexity index is 980. The number of H-pyrrole nitrogens is 2. The highest BCUT2D eigenvalue weighted by molar-refractivity contribution is 5.84. The predicted molar refractivity (Wildman–Crippen MR) is 94.9 cm³/mol. The van der Waals surface area contributed by atoms with Crippen molar-refractivity contribution in [2.45, 2.75) is 31.7 Å². The summed E-state index contributed by atoms with van der Waals surface area (Å²) in [5.74, 6) is 0.523. The van der Waals surface area contributed by atoms with Gasteiger partial charge in [0.2, 0.25) is 5.91 Å². The lowest BCUT2D eigenvalue weighted by atomic mass is 9.86. The fourth-order valence-corrected chi connectivity index (χ4v) is 3.38. The zero-order valence-electron chi connectivity index (χ0n) is 14.1. The van der Waals surface area contributed by atoms with Crippen molar-refractivity contribution >= 4 is 5.91 Å². The molecule has 26 heavy (non-hydrogen) atoms. The number of benzene rings is 1. The lowest BCUT2D eigenvalue weighted by Crippen LogP contribution is -2.31. The number of nitrogens with one attached hydrogen (secondary N) is 3. The number of amides is 1. The molecular formula is C19H18N6O. The van der Waals surface area contributed by atoms with Gasteiger partial charge in [-0.2, -0.15) is 10.4 Å². The van der Waals surface area contributed by atoms with E-state index in [1.54, 1.807) is 24.5 Å². The van der Waals surface area contributed by atoms with Gasteiger partial charge >= 0.3 is 0 Å². The zero-order valence-corrected chi connectivity index (χ0v) is 14.1. The molecule has 7 nitrogen and oxygen atoms in total. The minimum absolute atomic E-state index is 0.00298. The van der Waals surface area contributed by atoms with Crippen LogP contribution in [-0.4, -0.2) is 26.1 Å². The molecule has 1 aromatic carbocycles. The normalized spacial score (nSPS) is 15.9. The number of hydrogen-bond acceptors (Lipinski definition) is 4. The van der Waals surface area contributed by atoms with Crippen LogP contribution in [0, 0.1) is 11.3 Å². The molecule has 2 heterocycles. The first-order valence-corrected chi connectivity index (χ1v) is 8.59. The molecular weight excluding hydrogens is 328 g/mol. The van der Waals surface area contributed by atoms with Crippen molar-refractivity contribution in [2.24, 2.45) is 0 Å². The van der Waals surface area contributed by atoms with Crippen molar-refractivity contribution < 1.29 is 4.79 Å². The number of nitriles is 1. The van der Waals surface area contributed by atoms with Crippen molar-refractivity contribution in [3.8, 4) is 17.3 Å². The molecule has 0 saturated carbocycles. The largest absolute Gasteiger partial charge is 0.348 e.